The molecule has 0 unspecified atom stereocenters. The van der Waals surface area contributed by atoms with E-state index in [1.54, 1.807) is 6.92 Å². The molecule has 74 valence electrons. The van der Waals surface area contributed by atoms with Gasteiger partial charge in [0.25, 0.3) is 0 Å². The molecule has 4 N–H and O–H groups in total. The lowest BCUT2D eigenvalue weighted by molar-refractivity contribution is -0.109. The summed E-state index contributed by atoms with van der Waals surface area (Å²) in [7, 11) is 0. The van der Waals surface area contributed by atoms with Crippen LogP contribution < -0.4 is 11.1 Å². The molecule has 0 heterocycles. The number of guanidine groups is 1. The highest BCUT2D eigenvalue weighted by molar-refractivity contribution is 8.32. The predicted molar refractivity (Wildman–Crippen MR) is 56.7 cm³/mol. The van der Waals surface area contributed by atoms with Crippen LogP contribution >= 0.6 is 24.0 Å². The largest absolute Gasteiger partial charge is 0.479 e. The van der Waals surface area contributed by atoms with Crippen molar-refractivity contribution in [2.24, 2.45) is 5.73 Å². The van der Waals surface area contributed by atoms with Crippen molar-refractivity contribution < 1.29 is 9.53 Å². The van der Waals surface area contributed by atoms with Gasteiger partial charge in [-0.1, -0.05) is 0 Å². The number of hydrogen-bond acceptors (Lipinski definition) is 5. The number of rotatable bonds is 3. The van der Waals surface area contributed by atoms with Crippen molar-refractivity contribution >= 4 is 39.4 Å². The third kappa shape index (κ3) is 7.54. The van der Waals surface area contributed by atoms with Gasteiger partial charge in [-0.25, -0.2) is 0 Å². The van der Waals surface area contributed by atoms with Gasteiger partial charge >= 0.3 is 0 Å². The van der Waals surface area contributed by atoms with Gasteiger partial charge in [0.1, 0.15) is 0 Å². The quantitative estimate of drug-likeness (QED) is 0.354. The molecule has 0 aromatic rings. The van der Waals surface area contributed by atoms with Gasteiger partial charge in [0.05, 0.1) is 13.2 Å². The van der Waals surface area contributed by atoms with E-state index in [-0.39, 0.29) is 22.0 Å². The van der Waals surface area contributed by atoms with Crippen LogP contribution in [0.25, 0.3) is 0 Å². The van der Waals surface area contributed by atoms with Crippen LogP contribution in [0.15, 0.2) is 0 Å². The Labute approximate surface area is 85.9 Å². The van der Waals surface area contributed by atoms with Crippen LogP contribution in [0.3, 0.4) is 0 Å². The van der Waals surface area contributed by atoms with E-state index < -0.39 is 0 Å². The Morgan fingerprint density at radius 1 is 1.77 bits per heavy atom. The van der Waals surface area contributed by atoms with Crippen LogP contribution in [0.4, 0.5) is 0 Å². The van der Waals surface area contributed by atoms with Crippen LogP contribution in [-0.4, -0.2) is 28.6 Å². The Bertz CT molecular complexity index is 220. The average molecular weight is 221 g/mol. The molecule has 0 amide bonds. The molecular formula is C6H11N3O2S2. The summed E-state index contributed by atoms with van der Waals surface area (Å²) in [5, 5.41) is 8.93. The molecule has 13 heavy (non-hydrogen) atoms. The number of carbonyl (C=O) groups is 1. The molecule has 0 saturated carbocycles. The van der Waals surface area contributed by atoms with Gasteiger partial charge in [0.15, 0.2) is 5.96 Å². The topological polar surface area (TPSA) is 88.2 Å². The fourth-order valence-electron chi connectivity index (χ4n) is 0.444. The fraction of sp³-hybridized carbons (Fsp3) is 0.500. The highest BCUT2D eigenvalue weighted by Crippen LogP contribution is 2.06. The molecule has 0 saturated heterocycles. The summed E-state index contributed by atoms with van der Waals surface area (Å²) in [6.07, 6.45) is 0. The highest BCUT2D eigenvalue weighted by atomic mass is 32.2. The third-order valence-electron chi connectivity index (χ3n) is 0.883. The van der Waals surface area contributed by atoms with E-state index in [9.17, 15) is 4.79 Å². The van der Waals surface area contributed by atoms with Crippen LogP contribution in [0.1, 0.15) is 6.92 Å². The molecule has 7 heteroatoms. The van der Waals surface area contributed by atoms with Crippen molar-refractivity contribution in [3.05, 3.63) is 0 Å². The van der Waals surface area contributed by atoms with E-state index in [1.807, 2.05) is 0 Å². The van der Waals surface area contributed by atoms with E-state index in [0.29, 0.717) is 6.61 Å². The number of carbonyl (C=O) groups excluding carboxylic acids is 1. The molecule has 0 aliphatic rings. The molecule has 0 spiro atoms. The van der Waals surface area contributed by atoms with E-state index in [0.717, 1.165) is 11.8 Å². The van der Waals surface area contributed by atoms with Gasteiger partial charge in [-0.15, -0.1) is 0 Å². The maximum atomic E-state index is 11.0. The molecule has 0 bridgehead atoms. The van der Waals surface area contributed by atoms with Gasteiger partial charge in [0, 0.05) is 11.8 Å². The van der Waals surface area contributed by atoms with E-state index >= 15 is 0 Å². The van der Waals surface area contributed by atoms with E-state index in [1.165, 1.54) is 0 Å². The average Bonchev–Trinajstić information content (AvgIpc) is 2.01. The predicted octanol–water partition coefficient (Wildman–Crippen LogP) is 0.0507. The summed E-state index contributed by atoms with van der Waals surface area (Å²) < 4.78 is 5.07. The Hall–Kier alpha value is -0.820. The van der Waals surface area contributed by atoms with E-state index in [2.05, 4.69) is 5.32 Å². The summed E-state index contributed by atoms with van der Waals surface area (Å²) >= 11 is 5.54. The number of thioether (sulfide) groups is 1. The minimum absolute atomic E-state index is 0.0206. The number of nitrogens with two attached hydrogens (primary N) is 1. The standard InChI is InChI=1S/C6H11N3O2S2/c1-2-11-6(12)13-4(10)3-9-5(7)8/h2-3H2,1H3,(H4,7,8,9). The number of hydrogen-bond donors (Lipinski definition) is 3. The summed E-state index contributed by atoms with van der Waals surface area (Å²) in [5.41, 5.74) is 4.98. The van der Waals surface area contributed by atoms with Gasteiger partial charge in [-0.2, -0.15) is 0 Å². The van der Waals surface area contributed by atoms with Gasteiger partial charge < -0.3 is 15.8 Å². The number of nitrogens with one attached hydrogen (secondary N) is 2. The molecule has 0 rings (SSSR count). The molecule has 5 nitrogen and oxygen atoms in total. The zero-order valence-electron chi connectivity index (χ0n) is 7.12. The number of ether oxygens (including phenoxy) is 1. The monoisotopic (exact) mass is 221 g/mol. The van der Waals surface area contributed by atoms with Crippen molar-refractivity contribution in [2.75, 3.05) is 13.2 Å². The summed E-state index contributed by atoms with van der Waals surface area (Å²) in [6.45, 7) is 2.21. The van der Waals surface area contributed by atoms with Crippen LogP contribution in [0.5, 0.6) is 0 Å². The first-order valence-electron chi connectivity index (χ1n) is 3.51. The Morgan fingerprint density at radius 3 is 2.85 bits per heavy atom. The van der Waals surface area contributed by atoms with Crippen molar-refractivity contribution in [3.8, 4) is 0 Å². The zero-order chi connectivity index (χ0) is 10.3. The normalized spacial score (nSPS) is 9.00. The molecule has 0 radical (unpaired) electrons. The second kappa shape index (κ2) is 6.67. The Morgan fingerprint density at radius 2 is 2.38 bits per heavy atom. The first kappa shape index (κ1) is 12.2. The van der Waals surface area contributed by atoms with Gasteiger partial charge in [-0.3, -0.25) is 10.2 Å². The van der Waals surface area contributed by atoms with Crippen molar-refractivity contribution in [1.82, 2.24) is 5.32 Å². The molecule has 0 atom stereocenters. The first-order chi connectivity index (χ1) is 6.06. The van der Waals surface area contributed by atoms with Crippen molar-refractivity contribution in [1.29, 1.82) is 5.41 Å². The first-order valence-corrected chi connectivity index (χ1v) is 4.74. The number of thiocarbonyl (C=S) groups is 1. The summed E-state index contributed by atoms with van der Waals surface area (Å²) in [4.78, 5) is 11.0. The second-order valence-corrected chi connectivity index (χ2v) is 3.58. The van der Waals surface area contributed by atoms with Gasteiger partial charge in [0.2, 0.25) is 9.50 Å². The van der Waals surface area contributed by atoms with Crippen LogP contribution in [0, 0.1) is 5.41 Å². The molecule has 0 aliphatic carbocycles. The highest BCUT2D eigenvalue weighted by Gasteiger charge is 2.07. The molecular weight excluding hydrogens is 210 g/mol. The molecule has 0 aliphatic heterocycles. The maximum absolute atomic E-state index is 11.0. The fourth-order valence-corrected chi connectivity index (χ4v) is 1.35. The smallest absolute Gasteiger partial charge is 0.227 e. The van der Waals surface area contributed by atoms with Crippen LogP contribution in [-0.2, 0) is 9.53 Å². The Balaban J connectivity index is 3.62. The zero-order valence-corrected chi connectivity index (χ0v) is 8.76. The molecule has 0 aromatic carbocycles. The molecule has 0 fully saturated rings. The lowest BCUT2D eigenvalue weighted by Crippen LogP contribution is -2.34. The van der Waals surface area contributed by atoms with Crippen molar-refractivity contribution in [2.45, 2.75) is 6.92 Å². The lowest BCUT2D eigenvalue weighted by Gasteiger charge is -2.03. The second-order valence-electron chi connectivity index (χ2n) is 1.92. The summed E-state index contributed by atoms with van der Waals surface area (Å²) in [5.74, 6) is -0.240. The molecule has 0 aromatic heterocycles. The maximum Gasteiger partial charge on any atom is 0.227 e. The Kier molecular flexibility index (Phi) is 6.25. The lowest BCUT2D eigenvalue weighted by atomic mass is 10.7. The SMILES string of the molecule is CCOC(=S)SC(=O)CNC(=N)N. The van der Waals surface area contributed by atoms with E-state index in [4.69, 9.17) is 28.1 Å². The minimum Gasteiger partial charge on any atom is -0.479 e. The minimum atomic E-state index is -0.240. The summed E-state index contributed by atoms with van der Waals surface area (Å²) in [6, 6.07) is 0. The van der Waals surface area contributed by atoms with Gasteiger partial charge in [-0.05, 0) is 19.1 Å². The third-order valence-corrected chi connectivity index (χ3v) is 1.91. The van der Waals surface area contributed by atoms with Crippen molar-refractivity contribution in [3.63, 3.8) is 0 Å². The van der Waals surface area contributed by atoms with Crippen LogP contribution in [0.2, 0.25) is 0 Å².